The molecule has 3 rings (SSSR count). The third-order valence-corrected chi connectivity index (χ3v) is 4.79. The van der Waals surface area contributed by atoms with Crippen LogP contribution >= 0.6 is 0 Å². The summed E-state index contributed by atoms with van der Waals surface area (Å²) in [5.74, 6) is -0.155. The lowest BCUT2D eigenvalue weighted by Crippen LogP contribution is -2.29. The van der Waals surface area contributed by atoms with E-state index in [9.17, 15) is 13.2 Å². The standard InChI is InChI=1S/C16H20F3NO/c17-16(18,19)21-14-6-4-13(5-7-14)20-11-10-15(12-20)8-2-1-3-9-15/h4-7H,1-3,8-12H2. The molecule has 0 N–H and O–H groups in total. The number of hydrogen-bond acceptors (Lipinski definition) is 2. The lowest BCUT2D eigenvalue weighted by atomic mass is 9.73. The lowest BCUT2D eigenvalue weighted by molar-refractivity contribution is -0.274. The molecule has 2 fully saturated rings. The Morgan fingerprint density at radius 1 is 0.952 bits per heavy atom. The maximum Gasteiger partial charge on any atom is 0.573 e. The smallest absolute Gasteiger partial charge is 0.406 e. The third kappa shape index (κ3) is 3.44. The molecule has 1 aromatic carbocycles. The number of rotatable bonds is 2. The molecule has 2 aliphatic rings. The SMILES string of the molecule is FC(F)(F)Oc1ccc(N2CCC3(CCCCC3)C2)cc1. The van der Waals surface area contributed by atoms with Gasteiger partial charge in [0.15, 0.2) is 0 Å². The van der Waals surface area contributed by atoms with Gasteiger partial charge in [-0.25, -0.2) is 0 Å². The van der Waals surface area contributed by atoms with Crippen molar-refractivity contribution in [2.45, 2.75) is 44.9 Å². The Morgan fingerprint density at radius 3 is 2.24 bits per heavy atom. The fraction of sp³-hybridized carbons (Fsp3) is 0.625. The first kappa shape index (κ1) is 14.5. The molecule has 1 spiro atoms. The van der Waals surface area contributed by atoms with Gasteiger partial charge in [-0.3, -0.25) is 0 Å². The molecule has 1 aromatic rings. The predicted molar refractivity (Wildman–Crippen MR) is 75.5 cm³/mol. The molecule has 1 saturated heterocycles. The van der Waals surface area contributed by atoms with E-state index in [4.69, 9.17) is 0 Å². The molecule has 2 nitrogen and oxygen atoms in total. The van der Waals surface area contributed by atoms with Crippen molar-refractivity contribution in [3.63, 3.8) is 0 Å². The van der Waals surface area contributed by atoms with Crippen LogP contribution in [0.1, 0.15) is 38.5 Å². The topological polar surface area (TPSA) is 12.5 Å². The largest absolute Gasteiger partial charge is 0.573 e. The molecule has 21 heavy (non-hydrogen) atoms. The second-order valence-electron chi connectivity index (χ2n) is 6.27. The van der Waals surface area contributed by atoms with Gasteiger partial charge in [-0.15, -0.1) is 13.2 Å². The van der Waals surface area contributed by atoms with Crippen molar-refractivity contribution in [3.05, 3.63) is 24.3 Å². The van der Waals surface area contributed by atoms with Crippen molar-refractivity contribution >= 4 is 5.69 Å². The van der Waals surface area contributed by atoms with Crippen molar-refractivity contribution < 1.29 is 17.9 Å². The summed E-state index contributed by atoms with van der Waals surface area (Å²) in [6, 6.07) is 6.25. The molecule has 1 heterocycles. The van der Waals surface area contributed by atoms with E-state index in [2.05, 4.69) is 9.64 Å². The molecule has 0 amide bonds. The van der Waals surface area contributed by atoms with E-state index < -0.39 is 6.36 Å². The Bertz CT molecular complexity index is 477. The first-order valence-corrected chi connectivity index (χ1v) is 7.57. The van der Waals surface area contributed by atoms with Crippen LogP contribution in [0.2, 0.25) is 0 Å². The first-order valence-electron chi connectivity index (χ1n) is 7.57. The zero-order valence-corrected chi connectivity index (χ0v) is 12.0. The van der Waals surface area contributed by atoms with Crippen LogP contribution in [0.25, 0.3) is 0 Å². The van der Waals surface area contributed by atoms with Crippen LogP contribution in [0, 0.1) is 5.41 Å². The molecule has 0 atom stereocenters. The van der Waals surface area contributed by atoms with Crippen LogP contribution in [0.5, 0.6) is 5.75 Å². The van der Waals surface area contributed by atoms with Gasteiger partial charge in [0.2, 0.25) is 0 Å². The Kier molecular flexibility index (Phi) is 3.76. The molecule has 0 radical (unpaired) electrons. The van der Waals surface area contributed by atoms with E-state index >= 15 is 0 Å². The number of benzene rings is 1. The summed E-state index contributed by atoms with van der Waals surface area (Å²) in [5.41, 5.74) is 1.44. The van der Waals surface area contributed by atoms with Crippen LogP contribution in [-0.4, -0.2) is 19.5 Å². The van der Waals surface area contributed by atoms with E-state index in [0.717, 1.165) is 18.8 Å². The van der Waals surface area contributed by atoms with Crippen LogP contribution < -0.4 is 9.64 Å². The highest BCUT2D eigenvalue weighted by Crippen LogP contribution is 2.44. The number of hydrogen-bond donors (Lipinski definition) is 0. The number of ether oxygens (including phenoxy) is 1. The van der Waals surface area contributed by atoms with Gasteiger partial charge < -0.3 is 9.64 Å². The summed E-state index contributed by atoms with van der Waals surface area (Å²) in [6.45, 7) is 2.03. The molecular formula is C16H20F3NO. The Labute approximate surface area is 122 Å². The van der Waals surface area contributed by atoms with Crippen molar-refractivity contribution in [1.82, 2.24) is 0 Å². The summed E-state index contributed by atoms with van der Waals surface area (Å²) < 4.78 is 40.4. The first-order chi connectivity index (χ1) is 9.96. The number of nitrogens with zero attached hydrogens (tertiary/aromatic N) is 1. The highest BCUT2D eigenvalue weighted by Gasteiger charge is 2.38. The molecule has 1 saturated carbocycles. The van der Waals surface area contributed by atoms with Crippen molar-refractivity contribution in [3.8, 4) is 5.75 Å². The number of anilines is 1. The second kappa shape index (κ2) is 5.43. The van der Waals surface area contributed by atoms with Gasteiger partial charge in [0.1, 0.15) is 5.75 Å². The van der Waals surface area contributed by atoms with Gasteiger partial charge in [0.25, 0.3) is 0 Å². The zero-order chi connectivity index (χ0) is 14.9. The van der Waals surface area contributed by atoms with Gasteiger partial charge in [-0.2, -0.15) is 0 Å². The molecule has 5 heteroatoms. The maximum absolute atomic E-state index is 12.1. The van der Waals surface area contributed by atoms with E-state index in [0.29, 0.717) is 5.41 Å². The van der Waals surface area contributed by atoms with E-state index in [-0.39, 0.29) is 5.75 Å². The Balaban J connectivity index is 1.65. The van der Waals surface area contributed by atoms with E-state index in [1.54, 1.807) is 12.1 Å². The average Bonchev–Trinajstić information content (AvgIpc) is 2.82. The zero-order valence-electron chi connectivity index (χ0n) is 12.0. The molecule has 0 unspecified atom stereocenters. The summed E-state index contributed by atoms with van der Waals surface area (Å²) in [6.07, 6.45) is 3.12. The van der Waals surface area contributed by atoms with Crippen LogP contribution in [0.4, 0.5) is 18.9 Å². The third-order valence-electron chi connectivity index (χ3n) is 4.79. The van der Waals surface area contributed by atoms with Crippen LogP contribution in [-0.2, 0) is 0 Å². The summed E-state index contributed by atoms with van der Waals surface area (Å²) >= 11 is 0. The van der Waals surface area contributed by atoms with Gasteiger partial charge in [-0.1, -0.05) is 19.3 Å². The minimum atomic E-state index is -4.62. The van der Waals surface area contributed by atoms with Gasteiger partial charge in [0.05, 0.1) is 0 Å². The highest BCUT2D eigenvalue weighted by atomic mass is 19.4. The summed E-state index contributed by atoms with van der Waals surface area (Å²) in [7, 11) is 0. The number of alkyl halides is 3. The van der Waals surface area contributed by atoms with Gasteiger partial charge in [-0.05, 0) is 48.9 Å². The van der Waals surface area contributed by atoms with Crippen molar-refractivity contribution in [1.29, 1.82) is 0 Å². The molecule has 116 valence electrons. The van der Waals surface area contributed by atoms with Crippen LogP contribution in [0.15, 0.2) is 24.3 Å². The average molecular weight is 299 g/mol. The molecule has 0 bridgehead atoms. The summed E-state index contributed by atoms with van der Waals surface area (Å²) in [4.78, 5) is 2.29. The quantitative estimate of drug-likeness (QED) is 0.781. The highest BCUT2D eigenvalue weighted by molar-refractivity contribution is 5.50. The molecule has 1 aliphatic carbocycles. The summed E-state index contributed by atoms with van der Waals surface area (Å²) in [5, 5.41) is 0. The van der Waals surface area contributed by atoms with E-state index in [1.165, 1.54) is 50.7 Å². The van der Waals surface area contributed by atoms with Crippen molar-refractivity contribution in [2.75, 3.05) is 18.0 Å². The van der Waals surface area contributed by atoms with E-state index in [1.807, 2.05) is 0 Å². The lowest BCUT2D eigenvalue weighted by Gasteiger charge is -2.33. The molecule has 1 aliphatic heterocycles. The number of halogens is 3. The predicted octanol–water partition coefficient (Wildman–Crippen LogP) is 4.75. The molecular weight excluding hydrogens is 279 g/mol. The normalized spacial score (nSPS) is 21.8. The van der Waals surface area contributed by atoms with Gasteiger partial charge in [0, 0.05) is 18.8 Å². The van der Waals surface area contributed by atoms with Crippen LogP contribution in [0.3, 0.4) is 0 Å². The Morgan fingerprint density at radius 2 is 1.62 bits per heavy atom. The monoisotopic (exact) mass is 299 g/mol. The fourth-order valence-electron chi connectivity index (χ4n) is 3.72. The Hall–Kier alpha value is -1.39. The minimum absolute atomic E-state index is 0.155. The van der Waals surface area contributed by atoms with Crippen molar-refractivity contribution in [2.24, 2.45) is 5.41 Å². The molecule has 0 aromatic heterocycles. The maximum atomic E-state index is 12.1. The second-order valence-corrected chi connectivity index (χ2v) is 6.27. The van der Waals surface area contributed by atoms with Gasteiger partial charge >= 0.3 is 6.36 Å². The fourth-order valence-corrected chi connectivity index (χ4v) is 3.72. The minimum Gasteiger partial charge on any atom is -0.406 e.